The second-order valence-electron chi connectivity index (χ2n) is 6.43. The van der Waals surface area contributed by atoms with E-state index in [1.54, 1.807) is 12.3 Å². The minimum Gasteiger partial charge on any atom is -0.351 e. The number of anilines is 1. The third-order valence-electron chi connectivity index (χ3n) is 3.56. The Labute approximate surface area is 131 Å². The molecule has 2 rings (SSSR count). The highest BCUT2D eigenvalue weighted by atomic mass is 35.5. The van der Waals surface area contributed by atoms with Gasteiger partial charge in [0.2, 0.25) is 0 Å². The quantitative estimate of drug-likeness (QED) is 0.908. The molecule has 1 aliphatic rings. The molecule has 112 valence electrons. The smallest absolute Gasteiger partial charge is 0.147 e. The monoisotopic (exact) mass is 315 g/mol. The SMILES string of the molecule is CC(C)(C)NCC1CCCCN1c1ncc(Cl)cc1Cl. The van der Waals surface area contributed by atoms with Gasteiger partial charge in [-0.15, -0.1) is 0 Å². The summed E-state index contributed by atoms with van der Waals surface area (Å²) in [5.41, 5.74) is 0.125. The highest BCUT2D eigenvalue weighted by molar-refractivity contribution is 6.36. The van der Waals surface area contributed by atoms with E-state index in [1.165, 1.54) is 19.3 Å². The average molecular weight is 316 g/mol. The molecule has 5 heteroatoms. The molecule has 1 aliphatic heterocycles. The first-order valence-corrected chi connectivity index (χ1v) is 7.95. The maximum Gasteiger partial charge on any atom is 0.147 e. The molecule has 0 saturated carbocycles. The Bertz CT molecular complexity index is 457. The van der Waals surface area contributed by atoms with Gasteiger partial charge in [0.1, 0.15) is 5.82 Å². The molecule has 1 saturated heterocycles. The van der Waals surface area contributed by atoms with Gasteiger partial charge in [-0.05, 0) is 46.1 Å². The second kappa shape index (κ2) is 6.50. The Balaban J connectivity index is 2.14. The lowest BCUT2D eigenvalue weighted by Gasteiger charge is -2.38. The van der Waals surface area contributed by atoms with E-state index in [4.69, 9.17) is 23.2 Å². The standard InChI is InChI=1S/C15H23Cl2N3/c1-15(2,3)19-10-12-6-4-5-7-20(12)14-13(17)8-11(16)9-18-14/h8-9,12,19H,4-7,10H2,1-3H3. The molecular weight excluding hydrogens is 293 g/mol. The molecule has 1 aromatic heterocycles. The van der Waals surface area contributed by atoms with E-state index in [1.807, 2.05) is 0 Å². The first-order chi connectivity index (χ1) is 9.37. The molecule has 2 heterocycles. The fraction of sp³-hybridized carbons (Fsp3) is 0.667. The minimum atomic E-state index is 0.125. The molecule has 1 fully saturated rings. The molecule has 0 aromatic carbocycles. The number of hydrogen-bond acceptors (Lipinski definition) is 3. The van der Waals surface area contributed by atoms with Gasteiger partial charge in [0, 0.05) is 30.9 Å². The van der Waals surface area contributed by atoms with Crippen LogP contribution in [0, 0.1) is 0 Å². The number of hydrogen-bond donors (Lipinski definition) is 1. The Kier molecular flexibility index (Phi) is 5.16. The molecular formula is C15H23Cl2N3. The Morgan fingerprint density at radius 2 is 2.10 bits per heavy atom. The Morgan fingerprint density at radius 3 is 2.75 bits per heavy atom. The van der Waals surface area contributed by atoms with Gasteiger partial charge < -0.3 is 10.2 Å². The summed E-state index contributed by atoms with van der Waals surface area (Å²) in [4.78, 5) is 6.75. The van der Waals surface area contributed by atoms with Gasteiger partial charge >= 0.3 is 0 Å². The van der Waals surface area contributed by atoms with Gasteiger partial charge in [0.15, 0.2) is 0 Å². The number of nitrogens with zero attached hydrogens (tertiary/aromatic N) is 2. The molecule has 0 spiro atoms. The predicted molar refractivity (Wildman–Crippen MR) is 87.0 cm³/mol. The van der Waals surface area contributed by atoms with Crippen molar-refractivity contribution in [3.05, 3.63) is 22.3 Å². The zero-order valence-electron chi connectivity index (χ0n) is 12.4. The van der Waals surface area contributed by atoms with Crippen molar-refractivity contribution in [2.45, 2.75) is 51.6 Å². The van der Waals surface area contributed by atoms with Crippen LogP contribution >= 0.6 is 23.2 Å². The van der Waals surface area contributed by atoms with Crippen LogP contribution in [-0.2, 0) is 0 Å². The maximum absolute atomic E-state index is 6.31. The van der Waals surface area contributed by atoms with E-state index in [9.17, 15) is 0 Å². The summed E-state index contributed by atoms with van der Waals surface area (Å²) in [5.74, 6) is 0.858. The molecule has 1 aromatic rings. The van der Waals surface area contributed by atoms with Crippen LogP contribution in [0.4, 0.5) is 5.82 Å². The van der Waals surface area contributed by atoms with Gasteiger partial charge in [0.25, 0.3) is 0 Å². The van der Waals surface area contributed by atoms with Crippen LogP contribution in [0.25, 0.3) is 0 Å². The fourth-order valence-corrected chi connectivity index (χ4v) is 3.02. The summed E-state index contributed by atoms with van der Waals surface area (Å²) in [5, 5.41) is 4.81. The van der Waals surface area contributed by atoms with Gasteiger partial charge in [-0.1, -0.05) is 23.2 Å². The molecule has 0 aliphatic carbocycles. The summed E-state index contributed by atoms with van der Waals surface area (Å²) in [6.45, 7) is 8.52. The lowest BCUT2D eigenvalue weighted by atomic mass is 10.0. The summed E-state index contributed by atoms with van der Waals surface area (Å²) in [6, 6.07) is 2.21. The van der Waals surface area contributed by atoms with E-state index in [-0.39, 0.29) is 5.54 Å². The first kappa shape index (κ1) is 15.9. The summed E-state index contributed by atoms with van der Waals surface area (Å²) in [6.07, 6.45) is 5.29. The van der Waals surface area contributed by atoms with Crippen molar-refractivity contribution in [1.82, 2.24) is 10.3 Å². The fourth-order valence-electron chi connectivity index (χ4n) is 2.53. The number of rotatable bonds is 3. The zero-order valence-corrected chi connectivity index (χ0v) is 13.9. The lowest BCUT2D eigenvalue weighted by Crippen LogP contribution is -2.50. The average Bonchev–Trinajstić information content (AvgIpc) is 2.36. The van der Waals surface area contributed by atoms with Crippen LogP contribution in [-0.4, -0.2) is 29.7 Å². The zero-order chi connectivity index (χ0) is 14.8. The van der Waals surface area contributed by atoms with Crippen LogP contribution in [0.15, 0.2) is 12.3 Å². The van der Waals surface area contributed by atoms with Crippen molar-refractivity contribution >= 4 is 29.0 Å². The first-order valence-electron chi connectivity index (χ1n) is 7.19. The predicted octanol–water partition coefficient (Wildman–Crippen LogP) is 4.14. The van der Waals surface area contributed by atoms with E-state index in [0.29, 0.717) is 16.1 Å². The van der Waals surface area contributed by atoms with Crippen molar-refractivity contribution in [1.29, 1.82) is 0 Å². The van der Waals surface area contributed by atoms with Gasteiger partial charge in [-0.2, -0.15) is 0 Å². The van der Waals surface area contributed by atoms with Crippen LogP contribution in [0.2, 0.25) is 10.0 Å². The van der Waals surface area contributed by atoms with E-state index >= 15 is 0 Å². The van der Waals surface area contributed by atoms with Crippen molar-refractivity contribution in [2.24, 2.45) is 0 Å². The maximum atomic E-state index is 6.31. The Hall–Kier alpha value is -0.510. The number of piperidine rings is 1. The van der Waals surface area contributed by atoms with E-state index in [0.717, 1.165) is 18.9 Å². The molecule has 1 unspecified atom stereocenters. The van der Waals surface area contributed by atoms with Gasteiger partial charge in [0.05, 0.1) is 10.0 Å². The molecule has 3 nitrogen and oxygen atoms in total. The Morgan fingerprint density at radius 1 is 1.35 bits per heavy atom. The summed E-state index contributed by atoms with van der Waals surface area (Å²) in [7, 11) is 0. The number of pyridine rings is 1. The molecule has 20 heavy (non-hydrogen) atoms. The van der Waals surface area contributed by atoms with Gasteiger partial charge in [-0.25, -0.2) is 4.98 Å². The highest BCUT2D eigenvalue weighted by Crippen LogP contribution is 2.30. The molecule has 1 N–H and O–H groups in total. The largest absolute Gasteiger partial charge is 0.351 e. The number of nitrogens with one attached hydrogen (secondary N) is 1. The topological polar surface area (TPSA) is 28.2 Å². The normalized spacial score (nSPS) is 20.2. The second-order valence-corrected chi connectivity index (χ2v) is 7.28. The summed E-state index contributed by atoms with van der Waals surface area (Å²) >= 11 is 12.2. The van der Waals surface area contributed by atoms with Gasteiger partial charge in [-0.3, -0.25) is 0 Å². The molecule has 1 atom stereocenters. The lowest BCUT2D eigenvalue weighted by molar-refractivity contribution is 0.365. The van der Waals surface area contributed by atoms with Crippen molar-refractivity contribution in [3.8, 4) is 0 Å². The van der Waals surface area contributed by atoms with Crippen LogP contribution in [0.1, 0.15) is 40.0 Å². The number of aromatic nitrogens is 1. The molecule has 0 amide bonds. The molecule has 0 radical (unpaired) electrons. The molecule has 0 bridgehead atoms. The third kappa shape index (κ3) is 4.24. The van der Waals surface area contributed by atoms with E-state index < -0.39 is 0 Å². The van der Waals surface area contributed by atoms with Crippen LogP contribution in [0.5, 0.6) is 0 Å². The van der Waals surface area contributed by atoms with Crippen LogP contribution in [0.3, 0.4) is 0 Å². The van der Waals surface area contributed by atoms with Crippen molar-refractivity contribution < 1.29 is 0 Å². The number of halogens is 2. The summed E-state index contributed by atoms with van der Waals surface area (Å²) < 4.78 is 0. The third-order valence-corrected chi connectivity index (χ3v) is 4.04. The van der Waals surface area contributed by atoms with E-state index in [2.05, 4.69) is 36.0 Å². The highest BCUT2D eigenvalue weighted by Gasteiger charge is 2.26. The minimum absolute atomic E-state index is 0.125. The van der Waals surface area contributed by atoms with Crippen molar-refractivity contribution in [2.75, 3.05) is 18.0 Å². The van der Waals surface area contributed by atoms with Crippen LogP contribution < -0.4 is 10.2 Å². The van der Waals surface area contributed by atoms with Crippen molar-refractivity contribution in [3.63, 3.8) is 0 Å².